The van der Waals surface area contributed by atoms with Crippen LogP contribution in [0, 0.1) is 10.1 Å². The van der Waals surface area contributed by atoms with Crippen LogP contribution in [0.2, 0.25) is 0 Å². The van der Waals surface area contributed by atoms with E-state index in [1.54, 1.807) is 18.1 Å². The molecule has 0 N–H and O–H groups in total. The maximum absolute atomic E-state index is 12.3. The molecule has 0 spiro atoms. The SMILES string of the molecule is COCC1(C)Oc2ccc([N+](=O)[O-])cc2C(N2CCCC2=O)=C1C. The highest BCUT2D eigenvalue weighted by Gasteiger charge is 2.41. The number of nitro groups is 1. The van der Waals surface area contributed by atoms with E-state index in [1.165, 1.54) is 12.1 Å². The third-order valence-corrected chi connectivity index (χ3v) is 4.68. The fraction of sp³-hybridized carbons (Fsp3) is 0.471. The predicted octanol–water partition coefficient (Wildman–Crippen LogP) is 2.75. The number of nitro benzene ring substituents is 1. The topological polar surface area (TPSA) is 81.9 Å². The second-order valence-electron chi connectivity index (χ2n) is 6.33. The Kier molecular flexibility index (Phi) is 4.04. The van der Waals surface area contributed by atoms with Crippen molar-refractivity contribution in [3.05, 3.63) is 39.4 Å². The van der Waals surface area contributed by atoms with Crippen LogP contribution in [0.5, 0.6) is 5.75 Å². The van der Waals surface area contributed by atoms with Crippen LogP contribution >= 0.6 is 0 Å². The standard InChI is InChI=1S/C17H20N2O5/c1-11-16(18-8-4-5-15(18)20)13-9-12(19(21)22)6-7-14(13)24-17(11,2)10-23-3/h6-7,9H,4-5,8,10H2,1-3H3. The lowest BCUT2D eigenvalue weighted by atomic mass is 9.89. The summed E-state index contributed by atoms with van der Waals surface area (Å²) < 4.78 is 11.4. The molecule has 128 valence electrons. The van der Waals surface area contributed by atoms with Gasteiger partial charge in [0.25, 0.3) is 5.69 Å². The van der Waals surface area contributed by atoms with Crippen molar-refractivity contribution in [2.75, 3.05) is 20.3 Å². The van der Waals surface area contributed by atoms with Crippen molar-refractivity contribution in [1.82, 2.24) is 4.90 Å². The van der Waals surface area contributed by atoms with Gasteiger partial charge in [0, 0.05) is 37.8 Å². The summed E-state index contributed by atoms with van der Waals surface area (Å²) in [6.07, 6.45) is 1.27. The second-order valence-corrected chi connectivity index (χ2v) is 6.33. The number of rotatable bonds is 4. The molecule has 1 saturated heterocycles. The number of amides is 1. The maximum atomic E-state index is 12.3. The highest BCUT2D eigenvalue weighted by molar-refractivity contribution is 5.91. The molecule has 2 aliphatic rings. The Morgan fingerprint density at radius 2 is 2.21 bits per heavy atom. The Morgan fingerprint density at radius 3 is 2.79 bits per heavy atom. The van der Waals surface area contributed by atoms with E-state index in [-0.39, 0.29) is 11.6 Å². The quantitative estimate of drug-likeness (QED) is 0.625. The number of likely N-dealkylation sites (tertiary alicyclic amines) is 1. The van der Waals surface area contributed by atoms with E-state index < -0.39 is 10.5 Å². The van der Waals surface area contributed by atoms with Crippen LogP contribution in [-0.2, 0) is 9.53 Å². The molecule has 0 aliphatic carbocycles. The van der Waals surface area contributed by atoms with E-state index in [9.17, 15) is 14.9 Å². The molecule has 2 aliphatic heterocycles. The molecule has 3 rings (SSSR count). The minimum absolute atomic E-state index is 0.0235. The lowest BCUT2D eigenvalue weighted by molar-refractivity contribution is -0.384. The van der Waals surface area contributed by atoms with Crippen molar-refractivity contribution in [3.8, 4) is 5.75 Å². The number of benzene rings is 1. The minimum Gasteiger partial charge on any atom is -0.480 e. The molecular weight excluding hydrogens is 312 g/mol. The van der Waals surface area contributed by atoms with Crippen molar-refractivity contribution in [3.63, 3.8) is 0 Å². The maximum Gasteiger partial charge on any atom is 0.270 e. The van der Waals surface area contributed by atoms with E-state index in [2.05, 4.69) is 0 Å². The van der Waals surface area contributed by atoms with E-state index in [4.69, 9.17) is 9.47 Å². The van der Waals surface area contributed by atoms with Gasteiger partial charge in [-0.05, 0) is 31.9 Å². The number of fused-ring (bicyclic) bond motifs is 1. The van der Waals surface area contributed by atoms with Crippen LogP contribution in [-0.4, -0.2) is 41.6 Å². The molecule has 1 aromatic carbocycles. The second kappa shape index (κ2) is 5.90. The molecule has 0 radical (unpaired) electrons. The number of nitrogens with zero attached hydrogens (tertiary/aromatic N) is 2. The molecular formula is C17H20N2O5. The Labute approximate surface area is 140 Å². The molecule has 7 heteroatoms. The third-order valence-electron chi connectivity index (χ3n) is 4.68. The predicted molar refractivity (Wildman–Crippen MR) is 87.5 cm³/mol. The fourth-order valence-corrected chi connectivity index (χ4v) is 3.32. The first-order valence-electron chi connectivity index (χ1n) is 7.86. The number of non-ortho nitro benzene ring substituents is 1. The van der Waals surface area contributed by atoms with Crippen molar-refractivity contribution < 1.29 is 19.2 Å². The van der Waals surface area contributed by atoms with Gasteiger partial charge in [0.15, 0.2) is 5.60 Å². The van der Waals surface area contributed by atoms with Gasteiger partial charge in [-0.2, -0.15) is 0 Å². The molecule has 0 saturated carbocycles. The first kappa shape index (κ1) is 16.4. The molecule has 7 nitrogen and oxygen atoms in total. The lowest BCUT2D eigenvalue weighted by Gasteiger charge is -2.39. The van der Waals surface area contributed by atoms with E-state index >= 15 is 0 Å². The average molecular weight is 332 g/mol. The van der Waals surface area contributed by atoms with E-state index in [0.29, 0.717) is 36.6 Å². The fourth-order valence-electron chi connectivity index (χ4n) is 3.32. The summed E-state index contributed by atoms with van der Waals surface area (Å²) in [7, 11) is 1.59. The molecule has 24 heavy (non-hydrogen) atoms. The van der Waals surface area contributed by atoms with Gasteiger partial charge in [0.1, 0.15) is 5.75 Å². The zero-order valence-electron chi connectivity index (χ0n) is 14.0. The van der Waals surface area contributed by atoms with Gasteiger partial charge in [0.05, 0.1) is 17.2 Å². The van der Waals surface area contributed by atoms with Gasteiger partial charge in [-0.15, -0.1) is 0 Å². The summed E-state index contributed by atoms with van der Waals surface area (Å²) in [6, 6.07) is 4.48. The number of carbonyl (C=O) groups is 1. The molecule has 1 amide bonds. The highest BCUT2D eigenvalue weighted by atomic mass is 16.6. The van der Waals surface area contributed by atoms with Crippen molar-refractivity contribution in [1.29, 1.82) is 0 Å². The minimum atomic E-state index is -0.726. The Balaban J connectivity index is 2.20. The van der Waals surface area contributed by atoms with Crippen LogP contribution in [0.25, 0.3) is 5.70 Å². The van der Waals surface area contributed by atoms with Crippen LogP contribution in [0.15, 0.2) is 23.8 Å². The number of methoxy groups -OCH3 is 1. The summed E-state index contributed by atoms with van der Waals surface area (Å²) in [5.74, 6) is 0.559. The van der Waals surface area contributed by atoms with Gasteiger partial charge in [0.2, 0.25) is 5.91 Å². The Morgan fingerprint density at radius 1 is 1.46 bits per heavy atom. The van der Waals surface area contributed by atoms with Crippen molar-refractivity contribution in [2.45, 2.75) is 32.3 Å². The molecule has 1 atom stereocenters. The van der Waals surface area contributed by atoms with Gasteiger partial charge in [-0.3, -0.25) is 14.9 Å². The van der Waals surface area contributed by atoms with Gasteiger partial charge >= 0.3 is 0 Å². The van der Waals surface area contributed by atoms with Crippen molar-refractivity contribution in [2.24, 2.45) is 0 Å². The van der Waals surface area contributed by atoms with Crippen molar-refractivity contribution >= 4 is 17.3 Å². The summed E-state index contributed by atoms with van der Waals surface area (Å²) in [5.41, 5.74) is 1.39. The number of hydrogen-bond acceptors (Lipinski definition) is 5. The largest absolute Gasteiger partial charge is 0.480 e. The summed E-state index contributed by atoms with van der Waals surface area (Å²) in [4.78, 5) is 24.7. The number of hydrogen-bond donors (Lipinski definition) is 0. The van der Waals surface area contributed by atoms with Crippen LogP contribution in [0.1, 0.15) is 32.3 Å². The van der Waals surface area contributed by atoms with E-state index in [1.807, 2.05) is 13.8 Å². The first-order valence-corrected chi connectivity index (χ1v) is 7.86. The third kappa shape index (κ3) is 2.54. The van der Waals surface area contributed by atoms with Crippen LogP contribution < -0.4 is 4.74 Å². The average Bonchev–Trinajstić information content (AvgIpc) is 2.94. The van der Waals surface area contributed by atoms with Gasteiger partial charge < -0.3 is 14.4 Å². The molecule has 0 bridgehead atoms. The number of carbonyl (C=O) groups excluding carboxylic acids is 1. The Bertz CT molecular complexity index is 742. The Hall–Kier alpha value is -2.41. The molecule has 1 unspecified atom stereocenters. The summed E-state index contributed by atoms with van der Waals surface area (Å²) in [5, 5.41) is 11.1. The van der Waals surface area contributed by atoms with Gasteiger partial charge in [-0.25, -0.2) is 0 Å². The smallest absolute Gasteiger partial charge is 0.270 e. The van der Waals surface area contributed by atoms with Crippen LogP contribution in [0.3, 0.4) is 0 Å². The monoisotopic (exact) mass is 332 g/mol. The van der Waals surface area contributed by atoms with Crippen LogP contribution in [0.4, 0.5) is 5.69 Å². The molecule has 1 aromatic rings. The zero-order chi connectivity index (χ0) is 17.5. The number of ether oxygens (including phenoxy) is 2. The lowest BCUT2D eigenvalue weighted by Crippen LogP contribution is -2.43. The first-order chi connectivity index (χ1) is 11.4. The summed E-state index contributed by atoms with van der Waals surface area (Å²) >= 11 is 0. The van der Waals surface area contributed by atoms with Gasteiger partial charge in [-0.1, -0.05) is 0 Å². The molecule has 1 fully saturated rings. The zero-order valence-corrected chi connectivity index (χ0v) is 14.0. The molecule has 0 aromatic heterocycles. The molecule has 2 heterocycles. The summed E-state index contributed by atoms with van der Waals surface area (Å²) in [6.45, 7) is 4.72. The van der Waals surface area contributed by atoms with E-state index in [0.717, 1.165) is 12.0 Å². The normalized spacial score (nSPS) is 23.3. The highest BCUT2D eigenvalue weighted by Crippen LogP contribution is 2.44.